The normalized spacial score (nSPS) is 14.7. The number of aryl methyl sites for hydroxylation is 2. The molecule has 1 aromatic rings. The van der Waals surface area contributed by atoms with Crippen LogP contribution in [0.25, 0.3) is 0 Å². The third-order valence-electron chi connectivity index (χ3n) is 3.94. The summed E-state index contributed by atoms with van der Waals surface area (Å²) in [4.78, 5) is 0. The predicted octanol–water partition coefficient (Wildman–Crippen LogP) is 3.41. The summed E-state index contributed by atoms with van der Waals surface area (Å²) in [5, 5.41) is 0. The Bertz CT molecular complexity index is 368. The Morgan fingerprint density at radius 3 is 2.71 bits per heavy atom. The smallest absolute Gasteiger partial charge is 0.00365 e. The van der Waals surface area contributed by atoms with Crippen molar-refractivity contribution >= 4 is 0 Å². The summed E-state index contributed by atoms with van der Waals surface area (Å²) < 4.78 is 0. The van der Waals surface area contributed by atoms with Crippen molar-refractivity contribution in [3.05, 3.63) is 34.4 Å². The lowest BCUT2D eigenvalue weighted by Crippen LogP contribution is -2.13. The highest BCUT2D eigenvalue weighted by Gasteiger charge is 2.15. The van der Waals surface area contributed by atoms with Gasteiger partial charge in [0.1, 0.15) is 0 Å². The summed E-state index contributed by atoms with van der Waals surface area (Å²) in [6, 6.07) is 4.74. The zero-order chi connectivity index (χ0) is 12.1. The van der Waals surface area contributed by atoms with E-state index in [1.165, 1.54) is 44.9 Å². The number of unbranched alkanes of at least 4 members (excludes halogenated alkanes) is 1. The van der Waals surface area contributed by atoms with Crippen LogP contribution in [-0.4, -0.2) is 6.54 Å². The molecule has 0 spiro atoms. The Hall–Kier alpha value is -0.820. The van der Waals surface area contributed by atoms with E-state index in [-0.39, 0.29) is 0 Å². The van der Waals surface area contributed by atoms with Crippen LogP contribution in [0.4, 0.5) is 0 Å². The van der Waals surface area contributed by atoms with Crippen LogP contribution in [0.1, 0.15) is 54.9 Å². The van der Waals surface area contributed by atoms with Crippen molar-refractivity contribution in [3.63, 3.8) is 0 Å². The van der Waals surface area contributed by atoms with Crippen LogP contribution in [0, 0.1) is 0 Å². The van der Waals surface area contributed by atoms with Crippen molar-refractivity contribution in [1.29, 1.82) is 0 Å². The first kappa shape index (κ1) is 12.6. The summed E-state index contributed by atoms with van der Waals surface area (Å²) in [7, 11) is 0. The van der Waals surface area contributed by atoms with Gasteiger partial charge in [-0.05, 0) is 73.7 Å². The molecule has 1 nitrogen and oxygen atoms in total. The van der Waals surface area contributed by atoms with Crippen LogP contribution in [0.5, 0.6) is 0 Å². The largest absolute Gasteiger partial charge is 0.330 e. The molecule has 94 valence electrons. The van der Waals surface area contributed by atoms with Crippen LogP contribution in [0.2, 0.25) is 0 Å². The predicted molar refractivity (Wildman–Crippen MR) is 74.5 cm³/mol. The van der Waals surface area contributed by atoms with Crippen molar-refractivity contribution in [2.45, 2.75) is 58.3 Å². The standard InChI is InChI=1S/C16H25N/c1-2-3-6-13-9-10-14-7-4-5-8-15(14)16(13)11-12-17/h9-10H,2-8,11-12,17H2,1H3. The van der Waals surface area contributed by atoms with Gasteiger partial charge in [0.05, 0.1) is 0 Å². The molecule has 2 N–H and O–H groups in total. The molecule has 2 rings (SSSR count). The maximum atomic E-state index is 5.79. The average molecular weight is 231 g/mol. The second kappa shape index (κ2) is 6.20. The maximum absolute atomic E-state index is 5.79. The number of rotatable bonds is 5. The molecule has 0 saturated carbocycles. The van der Waals surface area contributed by atoms with E-state index in [9.17, 15) is 0 Å². The Morgan fingerprint density at radius 1 is 1.12 bits per heavy atom. The van der Waals surface area contributed by atoms with Crippen molar-refractivity contribution < 1.29 is 0 Å². The molecule has 1 aromatic carbocycles. The van der Waals surface area contributed by atoms with Gasteiger partial charge in [0.15, 0.2) is 0 Å². The van der Waals surface area contributed by atoms with Gasteiger partial charge in [-0.1, -0.05) is 25.5 Å². The van der Waals surface area contributed by atoms with Crippen LogP contribution >= 0.6 is 0 Å². The Balaban J connectivity index is 2.31. The highest BCUT2D eigenvalue weighted by Crippen LogP contribution is 2.28. The van der Waals surface area contributed by atoms with Crippen molar-refractivity contribution in [1.82, 2.24) is 0 Å². The third-order valence-corrected chi connectivity index (χ3v) is 3.94. The Labute approximate surface area is 105 Å². The van der Waals surface area contributed by atoms with Crippen LogP contribution in [0.15, 0.2) is 12.1 Å². The van der Waals surface area contributed by atoms with E-state index in [0.717, 1.165) is 13.0 Å². The van der Waals surface area contributed by atoms with Gasteiger partial charge < -0.3 is 5.73 Å². The number of nitrogens with two attached hydrogens (primary N) is 1. The minimum Gasteiger partial charge on any atom is -0.330 e. The molecule has 0 saturated heterocycles. The summed E-state index contributed by atoms with van der Waals surface area (Å²) in [6.45, 7) is 3.05. The molecule has 0 radical (unpaired) electrons. The monoisotopic (exact) mass is 231 g/mol. The van der Waals surface area contributed by atoms with Crippen LogP contribution in [0.3, 0.4) is 0 Å². The molecule has 0 unspecified atom stereocenters. The summed E-state index contributed by atoms with van der Waals surface area (Å²) in [5.41, 5.74) is 12.2. The third kappa shape index (κ3) is 2.90. The zero-order valence-corrected chi connectivity index (χ0v) is 11.1. The van der Waals surface area contributed by atoms with Gasteiger partial charge in [-0.3, -0.25) is 0 Å². The second-order valence-electron chi connectivity index (χ2n) is 5.19. The lowest BCUT2D eigenvalue weighted by Gasteiger charge is -2.22. The first-order valence-corrected chi connectivity index (χ1v) is 7.19. The van der Waals surface area contributed by atoms with E-state index in [2.05, 4.69) is 19.1 Å². The summed E-state index contributed by atoms with van der Waals surface area (Å²) in [5.74, 6) is 0. The molecule has 0 aliphatic heterocycles. The fraction of sp³-hybridized carbons (Fsp3) is 0.625. The van der Waals surface area contributed by atoms with E-state index in [4.69, 9.17) is 5.73 Å². The number of hydrogen-bond acceptors (Lipinski definition) is 1. The molecule has 1 aliphatic carbocycles. The van der Waals surface area contributed by atoms with Crippen LogP contribution in [-0.2, 0) is 25.7 Å². The van der Waals surface area contributed by atoms with Gasteiger partial charge in [0.2, 0.25) is 0 Å². The maximum Gasteiger partial charge on any atom is -0.00365 e. The molecular weight excluding hydrogens is 206 g/mol. The molecular formula is C16H25N. The first-order valence-electron chi connectivity index (χ1n) is 7.19. The first-order chi connectivity index (χ1) is 8.36. The van der Waals surface area contributed by atoms with Gasteiger partial charge in [0, 0.05) is 0 Å². The van der Waals surface area contributed by atoms with E-state index >= 15 is 0 Å². The Morgan fingerprint density at radius 2 is 1.94 bits per heavy atom. The van der Waals surface area contributed by atoms with E-state index in [0.29, 0.717) is 0 Å². The summed E-state index contributed by atoms with van der Waals surface area (Å²) in [6.07, 6.45) is 10.2. The van der Waals surface area contributed by atoms with Gasteiger partial charge in [0.25, 0.3) is 0 Å². The number of benzene rings is 1. The summed E-state index contributed by atoms with van der Waals surface area (Å²) >= 11 is 0. The topological polar surface area (TPSA) is 26.0 Å². The average Bonchev–Trinajstić information content (AvgIpc) is 2.38. The molecule has 0 fully saturated rings. The fourth-order valence-electron chi connectivity index (χ4n) is 3.01. The molecule has 0 aromatic heterocycles. The van der Waals surface area contributed by atoms with Crippen molar-refractivity contribution in [2.24, 2.45) is 5.73 Å². The molecule has 1 aliphatic rings. The zero-order valence-electron chi connectivity index (χ0n) is 11.1. The number of hydrogen-bond donors (Lipinski definition) is 1. The molecule has 0 amide bonds. The fourth-order valence-corrected chi connectivity index (χ4v) is 3.01. The van der Waals surface area contributed by atoms with Gasteiger partial charge in [-0.2, -0.15) is 0 Å². The van der Waals surface area contributed by atoms with Crippen molar-refractivity contribution in [3.8, 4) is 0 Å². The highest BCUT2D eigenvalue weighted by atomic mass is 14.5. The second-order valence-corrected chi connectivity index (χ2v) is 5.19. The van der Waals surface area contributed by atoms with E-state index in [1.54, 1.807) is 22.3 Å². The lowest BCUT2D eigenvalue weighted by atomic mass is 9.84. The van der Waals surface area contributed by atoms with Gasteiger partial charge in [-0.15, -0.1) is 0 Å². The van der Waals surface area contributed by atoms with E-state index < -0.39 is 0 Å². The SMILES string of the molecule is CCCCc1ccc2c(c1CCN)CCCC2. The van der Waals surface area contributed by atoms with Gasteiger partial charge in [-0.25, -0.2) is 0 Å². The molecule has 0 heterocycles. The molecule has 17 heavy (non-hydrogen) atoms. The van der Waals surface area contributed by atoms with E-state index in [1.807, 2.05) is 0 Å². The van der Waals surface area contributed by atoms with Gasteiger partial charge >= 0.3 is 0 Å². The van der Waals surface area contributed by atoms with Crippen molar-refractivity contribution in [2.75, 3.05) is 6.54 Å². The quantitative estimate of drug-likeness (QED) is 0.825. The Kier molecular flexibility index (Phi) is 4.61. The minimum absolute atomic E-state index is 0.787. The molecule has 0 atom stereocenters. The molecule has 0 bridgehead atoms. The molecule has 1 heteroatoms. The van der Waals surface area contributed by atoms with Crippen LogP contribution < -0.4 is 5.73 Å². The number of fused-ring (bicyclic) bond motifs is 1. The lowest BCUT2D eigenvalue weighted by molar-refractivity contribution is 0.672. The highest BCUT2D eigenvalue weighted by molar-refractivity contribution is 5.43. The minimum atomic E-state index is 0.787.